The van der Waals surface area contributed by atoms with E-state index in [2.05, 4.69) is 0 Å². The number of primary amides is 1. The van der Waals surface area contributed by atoms with Gasteiger partial charge in [-0.3, -0.25) is 10.1 Å². The van der Waals surface area contributed by atoms with Crippen molar-refractivity contribution in [3.63, 3.8) is 0 Å². The minimum atomic E-state index is -1.09. The van der Waals surface area contributed by atoms with Crippen molar-refractivity contribution in [3.8, 4) is 0 Å². The summed E-state index contributed by atoms with van der Waals surface area (Å²) in [6.45, 7) is 2.13. The first-order chi connectivity index (χ1) is 9.35. The maximum Gasteiger partial charge on any atom is 0.335 e. The Kier molecular flexibility index (Phi) is 4.90. The normalized spacial score (nSPS) is 9.85. The van der Waals surface area contributed by atoms with Crippen LogP contribution in [0.1, 0.15) is 17.3 Å². The van der Waals surface area contributed by atoms with E-state index in [4.69, 9.17) is 16.6 Å². The van der Waals surface area contributed by atoms with Crippen LogP contribution in [0, 0.1) is 0 Å². The number of carbonyl (C=O) groups is 3. The quantitative estimate of drug-likeness (QED) is 0.559. The molecule has 8 nitrogen and oxygen atoms in total. The second kappa shape index (κ2) is 6.41. The van der Waals surface area contributed by atoms with Crippen LogP contribution in [-0.4, -0.2) is 36.1 Å². The molecule has 0 aliphatic rings. The van der Waals surface area contributed by atoms with Crippen LogP contribution in [0.3, 0.4) is 0 Å². The number of benzene rings is 1. The summed E-state index contributed by atoms with van der Waals surface area (Å²) in [5.41, 5.74) is 11.4. The van der Waals surface area contributed by atoms with Gasteiger partial charge in [-0.25, -0.2) is 9.59 Å². The highest BCUT2D eigenvalue weighted by Crippen LogP contribution is 2.24. The lowest BCUT2D eigenvalue weighted by Gasteiger charge is -2.23. The lowest BCUT2D eigenvalue weighted by molar-refractivity contribution is -0.118. The molecular weight excluding hydrogens is 264 g/mol. The lowest BCUT2D eigenvalue weighted by Crippen LogP contribution is -2.42. The number of aromatic carboxylic acids is 1. The highest BCUT2D eigenvalue weighted by atomic mass is 16.4. The molecule has 20 heavy (non-hydrogen) atoms. The number of hydrogen-bond donors (Lipinski definition) is 4. The molecule has 1 aromatic carbocycles. The number of rotatable bonds is 5. The largest absolute Gasteiger partial charge is 0.478 e. The van der Waals surface area contributed by atoms with Gasteiger partial charge in [0.15, 0.2) is 0 Å². The zero-order valence-electron chi connectivity index (χ0n) is 10.9. The molecule has 0 saturated heterocycles. The number of amides is 3. The standard InChI is InChI=1S/C12H16N4O4/c1-2-16(6-10(17)15-12(14)20)9-4-3-7(11(18)19)5-8(9)13/h3-5H,2,6,13H2,1H3,(H,18,19)(H3,14,15,17,20). The van der Waals surface area contributed by atoms with Gasteiger partial charge in [-0.05, 0) is 25.1 Å². The Bertz CT molecular complexity index is 544. The molecule has 0 saturated carbocycles. The van der Waals surface area contributed by atoms with Crippen molar-refractivity contribution in [2.75, 3.05) is 23.7 Å². The van der Waals surface area contributed by atoms with Crippen LogP contribution in [0.15, 0.2) is 18.2 Å². The third-order valence-corrected chi connectivity index (χ3v) is 2.59. The van der Waals surface area contributed by atoms with E-state index >= 15 is 0 Å². The number of anilines is 2. The van der Waals surface area contributed by atoms with E-state index < -0.39 is 17.9 Å². The van der Waals surface area contributed by atoms with Crippen molar-refractivity contribution >= 4 is 29.3 Å². The molecule has 3 amide bonds. The number of imide groups is 1. The van der Waals surface area contributed by atoms with Crippen molar-refractivity contribution in [1.29, 1.82) is 0 Å². The van der Waals surface area contributed by atoms with Crippen LogP contribution < -0.4 is 21.7 Å². The number of nitrogens with zero attached hydrogens (tertiary/aromatic N) is 1. The van der Waals surface area contributed by atoms with Crippen LogP contribution >= 0.6 is 0 Å². The average molecular weight is 280 g/mol. The zero-order chi connectivity index (χ0) is 15.3. The first-order valence-electron chi connectivity index (χ1n) is 5.82. The summed E-state index contributed by atoms with van der Waals surface area (Å²) in [5, 5.41) is 10.8. The maximum atomic E-state index is 11.5. The minimum Gasteiger partial charge on any atom is -0.478 e. The number of likely N-dealkylation sites (N-methyl/N-ethyl adjacent to an activating group) is 1. The van der Waals surface area contributed by atoms with Gasteiger partial charge in [-0.1, -0.05) is 0 Å². The summed E-state index contributed by atoms with van der Waals surface area (Å²) in [4.78, 5) is 34.5. The lowest BCUT2D eigenvalue weighted by atomic mass is 10.1. The summed E-state index contributed by atoms with van der Waals surface area (Å²) in [6.07, 6.45) is 0. The number of nitrogens with two attached hydrogens (primary N) is 2. The summed E-state index contributed by atoms with van der Waals surface area (Å²) in [7, 11) is 0. The van der Waals surface area contributed by atoms with Gasteiger partial charge in [0.05, 0.1) is 23.5 Å². The molecule has 1 aromatic rings. The summed E-state index contributed by atoms with van der Waals surface area (Å²) in [5.74, 6) is -1.65. The molecule has 0 aromatic heterocycles. The number of nitrogen functional groups attached to an aromatic ring is 1. The summed E-state index contributed by atoms with van der Waals surface area (Å²) < 4.78 is 0. The van der Waals surface area contributed by atoms with Crippen molar-refractivity contribution in [2.45, 2.75) is 6.92 Å². The van der Waals surface area contributed by atoms with Crippen LogP contribution in [0.25, 0.3) is 0 Å². The van der Waals surface area contributed by atoms with E-state index in [1.54, 1.807) is 11.8 Å². The van der Waals surface area contributed by atoms with Gasteiger partial charge in [0, 0.05) is 6.54 Å². The molecule has 0 bridgehead atoms. The molecule has 108 valence electrons. The zero-order valence-corrected chi connectivity index (χ0v) is 10.9. The summed E-state index contributed by atoms with van der Waals surface area (Å²) >= 11 is 0. The smallest absolute Gasteiger partial charge is 0.335 e. The molecule has 0 spiro atoms. The van der Waals surface area contributed by atoms with E-state index in [1.165, 1.54) is 18.2 Å². The van der Waals surface area contributed by atoms with Gasteiger partial charge in [0.25, 0.3) is 0 Å². The Hall–Kier alpha value is -2.77. The fraction of sp³-hybridized carbons (Fsp3) is 0.250. The fourth-order valence-electron chi connectivity index (χ4n) is 1.69. The van der Waals surface area contributed by atoms with Gasteiger partial charge in [-0.15, -0.1) is 0 Å². The van der Waals surface area contributed by atoms with E-state index in [1.807, 2.05) is 5.32 Å². The molecular formula is C12H16N4O4. The Labute approximate surface area is 115 Å². The first kappa shape index (κ1) is 15.3. The molecule has 8 heteroatoms. The highest BCUT2D eigenvalue weighted by Gasteiger charge is 2.15. The molecule has 1 rings (SSSR count). The molecule has 0 fully saturated rings. The third kappa shape index (κ3) is 3.87. The SMILES string of the molecule is CCN(CC(=O)NC(N)=O)c1ccc(C(=O)O)cc1N. The molecule has 6 N–H and O–H groups in total. The Morgan fingerprint density at radius 1 is 1.35 bits per heavy atom. The second-order valence-corrected chi connectivity index (χ2v) is 4.01. The van der Waals surface area contributed by atoms with Gasteiger partial charge >= 0.3 is 12.0 Å². The average Bonchev–Trinajstić information content (AvgIpc) is 2.35. The monoisotopic (exact) mass is 280 g/mol. The predicted octanol–water partition coefficient (Wildman–Crippen LogP) is -0.0118. The third-order valence-electron chi connectivity index (χ3n) is 2.59. The van der Waals surface area contributed by atoms with E-state index in [0.29, 0.717) is 12.2 Å². The molecule has 0 atom stereocenters. The van der Waals surface area contributed by atoms with Gasteiger partial charge in [-0.2, -0.15) is 0 Å². The molecule has 0 aliphatic carbocycles. The van der Waals surface area contributed by atoms with Gasteiger partial charge in [0.1, 0.15) is 0 Å². The molecule has 0 radical (unpaired) electrons. The fourth-order valence-corrected chi connectivity index (χ4v) is 1.69. The van der Waals surface area contributed by atoms with Crippen molar-refractivity contribution in [3.05, 3.63) is 23.8 Å². The molecule has 0 unspecified atom stereocenters. The Balaban J connectivity index is 2.92. The maximum absolute atomic E-state index is 11.5. The predicted molar refractivity (Wildman–Crippen MR) is 73.4 cm³/mol. The number of carbonyl (C=O) groups excluding carboxylic acids is 2. The van der Waals surface area contributed by atoms with E-state index in [9.17, 15) is 14.4 Å². The topological polar surface area (TPSA) is 139 Å². The number of carboxylic acid groups (broad SMARTS) is 1. The Morgan fingerprint density at radius 2 is 2.00 bits per heavy atom. The van der Waals surface area contributed by atoms with Crippen LogP contribution in [-0.2, 0) is 4.79 Å². The number of hydrogen-bond acceptors (Lipinski definition) is 5. The van der Waals surface area contributed by atoms with Crippen LogP contribution in [0.2, 0.25) is 0 Å². The van der Waals surface area contributed by atoms with Crippen LogP contribution in [0.5, 0.6) is 0 Å². The first-order valence-corrected chi connectivity index (χ1v) is 5.82. The van der Waals surface area contributed by atoms with Crippen molar-refractivity contribution in [2.24, 2.45) is 5.73 Å². The van der Waals surface area contributed by atoms with Crippen molar-refractivity contribution < 1.29 is 19.5 Å². The highest BCUT2D eigenvalue weighted by molar-refractivity contribution is 5.96. The minimum absolute atomic E-state index is 0.0592. The number of nitrogens with one attached hydrogen (secondary N) is 1. The number of urea groups is 1. The summed E-state index contributed by atoms with van der Waals surface area (Å²) in [6, 6.07) is 3.29. The number of carboxylic acids is 1. The van der Waals surface area contributed by atoms with Crippen LogP contribution in [0.4, 0.5) is 16.2 Å². The van der Waals surface area contributed by atoms with Crippen molar-refractivity contribution in [1.82, 2.24) is 5.32 Å². The van der Waals surface area contributed by atoms with E-state index in [-0.39, 0.29) is 17.8 Å². The van der Waals surface area contributed by atoms with Gasteiger partial charge < -0.3 is 21.5 Å². The molecule has 0 heterocycles. The molecule has 0 aliphatic heterocycles. The second-order valence-electron chi connectivity index (χ2n) is 4.01. The van der Waals surface area contributed by atoms with E-state index in [0.717, 1.165) is 0 Å². The Morgan fingerprint density at radius 3 is 2.45 bits per heavy atom. The van der Waals surface area contributed by atoms with Gasteiger partial charge in [0.2, 0.25) is 5.91 Å².